The molecule has 3 heteroatoms. The van der Waals surface area contributed by atoms with Crippen LogP contribution < -0.4 is 0 Å². The Hall–Kier alpha value is 0.350. The fourth-order valence-electron chi connectivity index (χ4n) is 1.40. The second-order valence-corrected chi connectivity index (χ2v) is 3.92. The minimum atomic E-state index is 1.08. The highest BCUT2D eigenvalue weighted by molar-refractivity contribution is 7.16. The van der Waals surface area contributed by atoms with Crippen LogP contribution in [0.4, 0.5) is 0 Å². The molecule has 0 rings (SSSR count). The van der Waals surface area contributed by atoms with Crippen molar-refractivity contribution in [3.63, 3.8) is 0 Å². The molecule has 0 aliphatic heterocycles. The maximum Gasteiger partial charge on any atom is 0.0123 e. The molecule has 0 N–H and O–H groups in total. The van der Waals surface area contributed by atoms with E-state index in [9.17, 15) is 0 Å². The van der Waals surface area contributed by atoms with Gasteiger partial charge in [-0.3, -0.25) is 0 Å². The molecule has 0 aromatic heterocycles. The Morgan fingerprint density at radius 3 is 2.23 bits per heavy atom. The first-order valence-electron chi connectivity index (χ1n) is 5.35. The Balaban J connectivity index is 3.37. The van der Waals surface area contributed by atoms with Crippen LogP contribution in [0.5, 0.6) is 0 Å². The number of rotatable bonds is 8. The first-order valence-corrected chi connectivity index (χ1v) is 6.17. The van der Waals surface area contributed by atoms with Crippen molar-refractivity contribution < 1.29 is 0 Å². The van der Waals surface area contributed by atoms with E-state index in [1.54, 1.807) is 0 Å². The minimum Gasteiger partial charge on any atom is -0.304 e. The zero-order chi connectivity index (χ0) is 10.1. The summed E-state index contributed by atoms with van der Waals surface area (Å²) in [6.45, 7) is 9.40. The minimum absolute atomic E-state index is 1.08. The van der Waals surface area contributed by atoms with Crippen molar-refractivity contribution in [3.8, 4) is 0 Å². The van der Waals surface area contributed by atoms with Crippen LogP contribution in [0, 0.1) is 0 Å². The molecule has 0 saturated heterocycles. The molecule has 0 amide bonds. The summed E-state index contributed by atoms with van der Waals surface area (Å²) in [5.74, 6) is 0. The Morgan fingerprint density at radius 1 is 1.08 bits per heavy atom. The Morgan fingerprint density at radius 2 is 1.77 bits per heavy atom. The molecule has 0 fully saturated rings. The summed E-state index contributed by atoms with van der Waals surface area (Å²) < 4.78 is 0. The topological polar surface area (TPSA) is 6.48 Å². The standard InChI is InChI=1S/C10H25N2P/c1-4-7-12(5-2)9-6-8-11(3)10-13/h4-10,13H2,1-3H3. The zero-order valence-electron chi connectivity index (χ0n) is 9.42. The van der Waals surface area contributed by atoms with Gasteiger partial charge in [0.25, 0.3) is 0 Å². The average Bonchev–Trinajstić information content (AvgIpc) is 2.16. The Bertz CT molecular complexity index is 109. The second kappa shape index (κ2) is 8.93. The van der Waals surface area contributed by atoms with Gasteiger partial charge in [-0.25, -0.2) is 0 Å². The Kier molecular flexibility index (Phi) is 9.17. The van der Waals surface area contributed by atoms with Gasteiger partial charge in [0.1, 0.15) is 0 Å². The summed E-state index contributed by atoms with van der Waals surface area (Å²) in [6.07, 6.45) is 3.64. The first kappa shape index (κ1) is 13.4. The molecule has 0 aliphatic carbocycles. The lowest BCUT2D eigenvalue weighted by atomic mass is 10.3. The number of nitrogens with zero attached hydrogens (tertiary/aromatic N) is 2. The molecule has 80 valence electrons. The molecule has 0 aliphatic rings. The van der Waals surface area contributed by atoms with E-state index in [0.717, 1.165) is 6.29 Å². The van der Waals surface area contributed by atoms with Crippen molar-refractivity contribution in [3.05, 3.63) is 0 Å². The largest absolute Gasteiger partial charge is 0.304 e. The SMILES string of the molecule is CCCN(CC)CCCN(C)CP. The van der Waals surface area contributed by atoms with Gasteiger partial charge >= 0.3 is 0 Å². The highest BCUT2D eigenvalue weighted by Crippen LogP contribution is 1.96. The monoisotopic (exact) mass is 204 g/mol. The second-order valence-electron chi connectivity index (χ2n) is 3.55. The van der Waals surface area contributed by atoms with Crippen molar-refractivity contribution in [1.29, 1.82) is 0 Å². The van der Waals surface area contributed by atoms with Gasteiger partial charge in [0.05, 0.1) is 0 Å². The van der Waals surface area contributed by atoms with Crippen LogP contribution >= 0.6 is 9.24 Å². The lowest BCUT2D eigenvalue weighted by Gasteiger charge is -2.21. The molecule has 0 aromatic carbocycles. The maximum atomic E-state index is 2.76. The molecule has 1 unspecified atom stereocenters. The number of hydrogen-bond donors (Lipinski definition) is 0. The summed E-state index contributed by atoms with van der Waals surface area (Å²) in [4.78, 5) is 4.86. The van der Waals surface area contributed by atoms with Gasteiger partial charge in [-0.1, -0.05) is 13.8 Å². The van der Waals surface area contributed by atoms with Gasteiger partial charge in [0.15, 0.2) is 0 Å². The van der Waals surface area contributed by atoms with Crippen LogP contribution in [0.15, 0.2) is 0 Å². The van der Waals surface area contributed by atoms with Crippen molar-refractivity contribution >= 4 is 9.24 Å². The lowest BCUT2D eigenvalue weighted by Crippen LogP contribution is -2.28. The van der Waals surface area contributed by atoms with Gasteiger partial charge < -0.3 is 9.80 Å². The van der Waals surface area contributed by atoms with Crippen molar-refractivity contribution in [2.24, 2.45) is 0 Å². The third kappa shape index (κ3) is 7.42. The smallest absolute Gasteiger partial charge is 0.0123 e. The fraction of sp³-hybridized carbons (Fsp3) is 1.00. The van der Waals surface area contributed by atoms with Crippen LogP contribution in [0.3, 0.4) is 0 Å². The average molecular weight is 204 g/mol. The van der Waals surface area contributed by atoms with Gasteiger partial charge in [0.2, 0.25) is 0 Å². The zero-order valence-corrected chi connectivity index (χ0v) is 10.6. The molecule has 2 nitrogen and oxygen atoms in total. The lowest BCUT2D eigenvalue weighted by molar-refractivity contribution is 0.265. The van der Waals surface area contributed by atoms with Crippen LogP contribution in [0.25, 0.3) is 0 Å². The van der Waals surface area contributed by atoms with E-state index < -0.39 is 0 Å². The van der Waals surface area contributed by atoms with E-state index in [4.69, 9.17) is 0 Å². The van der Waals surface area contributed by atoms with Crippen molar-refractivity contribution in [2.75, 3.05) is 39.5 Å². The van der Waals surface area contributed by atoms with E-state index in [-0.39, 0.29) is 0 Å². The molecular weight excluding hydrogens is 179 g/mol. The molecule has 1 atom stereocenters. The predicted octanol–water partition coefficient (Wildman–Crippen LogP) is 1.87. The summed E-state index contributed by atoms with van der Waals surface area (Å²) in [5.41, 5.74) is 0. The predicted molar refractivity (Wildman–Crippen MR) is 64.2 cm³/mol. The quantitative estimate of drug-likeness (QED) is 0.557. The molecule has 0 bridgehead atoms. The highest BCUT2D eigenvalue weighted by atomic mass is 31.0. The van der Waals surface area contributed by atoms with Crippen molar-refractivity contribution in [1.82, 2.24) is 9.80 Å². The third-order valence-corrected chi connectivity index (χ3v) is 2.94. The molecule has 0 heterocycles. The summed E-state index contributed by atoms with van der Waals surface area (Å²) >= 11 is 0. The van der Waals surface area contributed by atoms with Gasteiger partial charge in [-0.05, 0) is 46.1 Å². The molecule has 0 radical (unpaired) electrons. The van der Waals surface area contributed by atoms with Crippen LogP contribution in [0.1, 0.15) is 26.7 Å². The normalized spacial score (nSPS) is 11.5. The van der Waals surface area contributed by atoms with Crippen LogP contribution in [-0.4, -0.2) is 49.3 Å². The highest BCUT2D eigenvalue weighted by Gasteiger charge is 2.00. The maximum absolute atomic E-state index is 2.76. The van der Waals surface area contributed by atoms with E-state index >= 15 is 0 Å². The third-order valence-electron chi connectivity index (χ3n) is 2.31. The molecule has 13 heavy (non-hydrogen) atoms. The molecule has 0 spiro atoms. The molecule has 0 aromatic rings. The Labute approximate surface area is 85.9 Å². The fourth-order valence-corrected chi connectivity index (χ4v) is 1.58. The van der Waals surface area contributed by atoms with Crippen LogP contribution in [-0.2, 0) is 0 Å². The summed E-state index contributed by atoms with van der Waals surface area (Å²) in [5, 5.41) is 0. The van der Waals surface area contributed by atoms with E-state index in [1.165, 1.54) is 39.0 Å². The van der Waals surface area contributed by atoms with Crippen molar-refractivity contribution in [2.45, 2.75) is 26.7 Å². The summed E-state index contributed by atoms with van der Waals surface area (Å²) in [7, 11) is 4.93. The van der Waals surface area contributed by atoms with Gasteiger partial charge in [-0.15, -0.1) is 9.24 Å². The van der Waals surface area contributed by atoms with E-state index in [1.807, 2.05) is 0 Å². The van der Waals surface area contributed by atoms with Gasteiger partial charge in [-0.2, -0.15) is 0 Å². The summed E-state index contributed by atoms with van der Waals surface area (Å²) in [6, 6.07) is 0. The van der Waals surface area contributed by atoms with E-state index in [2.05, 4.69) is 39.9 Å². The molecule has 0 saturated carbocycles. The van der Waals surface area contributed by atoms with Crippen LogP contribution in [0.2, 0.25) is 0 Å². The van der Waals surface area contributed by atoms with Gasteiger partial charge in [0, 0.05) is 6.29 Å². The van der Waals surface area contributed by atoms with E-state index in [0.29, 0.717) is 0 Å². The first-order chi connectivity index (χ1) is 6.24. The number of hydrogen-bond acceptors (Lipinski definition) is 2. The molecular formula is C10H25N2P.